The van der Waals surface area contributed by atoms with Crippen LogP contribution in [0.5, 0.6) is 11.6 Å². The summed E-state index contributed by atoms with van der Waals surface area (Å²) in [7, 11) is 1.67. The fourth-order valence-corrected chi connectivity index (χ4v) is 3.36. The van der Waals surface area contributed by atoms with E-state index in [1.165, 1.54) is 5.56 Å². The molecule has 0 aliphatic carbocycles. The first-order valence-corrected chi connectivity index (χ1v) is 9.31. The van der Waals surface area contributed by atoms with Crippen LogP contribution >= 0.6 is 0 Å². The summed E-state index contributed by atoms with van der Waals surface area (Å²) in [5, 5.41) is 16.1. The average Bonchev–Trinajstić information content (AvgIpc) is 3.08. The maximum absolute atomic E-state index is 10.8. The van der Waals surface area contributed by atoms with Crippen molar-refractivity contribution in [3.05, 3.63) is 84.3 Å². The molecule has 0 amide bonds. The Kier molecular flexibility index (Phi) is 5.15. The predicted molar refractivity (Wildman–Crippen MR) is 112 cm³/mol. The maximum Gasteiger partial charge on any atom is 0.201 e. The number of hydrogen-bond donors (Lipinski definition) is 2. The number of nitrogens with zero attached hydrogens (tertiary/aromatic N) is 2. The van der Waals surface area contributed by atoms with Gasteiger partial charge in [0.05, 0.1) is 12.5 Å². The summed E-state index contributed by atoms with van der Waals surface area (Å²) in [5.41, 5.74) is 3.27. The van der Waals surface area contributed by atoms with Crippen LogP contribution in [0.1, 0.15) is 11.1 Å². The molecular formula is C23H23N3O2. The minimum Gasteiger partial charge on any atom is -0.497 e. The number of aromatic hydroxyl groups is 1. The molecule has 2 aromatic carbocycles. The van der Waals surface area contributed by atoms with Gasteiger partial charge in [0.2, 0.25) is 5.88 Å². The average molecular weight is 373 g/mol. The first kappa shape index (κ1) is 17.9. The molecule has 2 heterocycles. The van der Waals surface area contributed by atoms with E-state index in [4.69, 9.17) is 4.74 Å². The molecule has 2 aromatic heterocycles. The molecule has 4 rings (SSSR count). The summed E-state index contributed by atoms with van der Waals surface area (Å²) < 4.78 is 7.11. The molecule has 28 heavy (non-hydrogen) atoms. The van der Waals surface area contributed by atoms with Crippen molar-refractivity contribution in [3.8, 4) is 11.6 Å². The fraction of sp³-hybridized carbons (Fsp3) is 0.174. The van der Waals surface area contributed by atoms with Gasteiger partial charge in [0.1, 0.15) is 5.75 Å². The Morgan fingerprint density at radius 3 is 2.54 bits per heavy atom. The van der Waals surface area contributed by atoms with E-state index in [-0.39, 0.29) is 0 Å². The number of benzene rings is 2. The van der Waals surface area contributed by atoms with Crippen LogP contribution in [0.3, 0.4) is 0 Å². The Morgan fingerprint density at radius 1 is 1.00 bits per heavy atom. The third-order valence-electron chi connectivity index (χ3n) is 4.92. The number of anilines is 1. The van der Waals surface area contributed by atoms with Crippen LogP contribution in [0.25, 0.3) is 10.8 Å². The largest absolute Gasteiger partial charge is 0.497 e. The molecule has 0 aliphatic heterocycles. The second kappa shape index (κ2) is 8.05. The maximum atomic E-state index is 10.8. The van der Waals surface area contributed by atoms with Gasteiger partial charge in [-0.3, -0.25) is 4.98 Å². The van der Waals surface area contributed by atoms with E-state index in [9.17, 15) is 5.11 Å². The van der Waals surface area contributed by atoms with Gasteiger partial charge in [0.15, 0.2) is 0 Å². The van der Waals surface area contributed by atoms with Crippen molar-refractivity contribution in [2.24, 2.45) is 0 Å². The summed E-state index contributed by atoms with van der Waals surface area (Å²) >= 11 is 0. The third-order valence-corrected chi connectivity index (χ3v) is 4.92. The minimum absolute atomic E-state index is 0.293. The van der Waals surface area contributed by atoms with Crippen LogP contribution in [0.15, 0.2) is 73.2 Å². The summed E-state index contributed by atoms with van der Waals surface area (Å²) in [6, 6.07) is 18.0. The molecule has 5 nitrogen and oxygen atoms in total. The Hall–Kier alpha value is -3.47. The molecule has 5 heteroatoms. The van der Waals surface area contributed by atoms with E-state index in [0.29, 0.717) is 19.0 Å². The highest BCUT2D eigenvalue weighted by molar-refractivity contribution is 5.98. The van der Waals surface area contributed by atoms with Gasteiger partial charge in [0, 0.05) is 42.8 Å². The zero-order valence-electron chi connectivity index (χ0n) is 15.8. The monoisotopic (exact) mass is 373 g/mol. The Balaban J connectivity index is 1.52. The number of methoxy groups -OCH3 is 1. The Bertz CT molecular complexity index is 1060. The lowest BCUT2D eigenvalue weighted by molar-refractivity contribution is 0.414. The first-order chi connectivity index (χ1) is 13.7. The summed E-state index contributed by atoms with van der Waals surface area (Å²) in [6.45, 7) is 1.38. The molecule has 0 bridgehead atoms. The van der Waals surface area contributed by atoms with Gasteiger partial charge in [-0.15, -0.1) is 0 Å². The number of rotatable bonds is 7. The number of ether oxygens (including phenoxy) is 1. The fourth-order valence-electron chi connectivity index (χ4n) is 3.36. The van der Waals surface area contributed by atoms with Gasteiger partial charge in [-0.05, 0) is 47.9 Å². The molecular weight excluding hydrogens is 350 g/mol. The van der Waals surface area contributed by atoms with Gasteiger partial charge in [-0.25, -0.2) is 0 Å². The number of hydrogen-bond acceptors (Lipinski definition) is 4. The number of aryl methyl sites for hydroxylation is 2. The van der Waals surface area contributed by atoms with Crippen LogP contribution < -0.4 is 10.1 Å². The second-order valence-electron chi connectivity index (χ2n) is 6.72. The molecule has 4 aromatic rings. The van der Waals surface area contributed by atoms with Crippen LogP contribution in [0.4, 0.5) is 5.69 Å². The van der Waals surface area contributed by atoms with E-state index < -0.39 is 0 Å². The molecule has 142 valence electrons. The normalized spacial score (nSPS) is 10.9. The zero-order valence-corrected chi connectivity index (χ0v) is 15.8. The lowest BCUT2D eigenvalue weighted by Gasteiger charge is -2.09. The Morgan fingerprint density at radius 2 is 1.79 bits per heavy atom. The molecule has 0 spiro atoms. The van der Waals surface area contributed by atoms with E-state index in [1.54, 1.807) is 19.5 Å². The minimum atomic E-state index is 0.293. The van der Waals surface area contributed by atoms with Gasteiger partial charge < -0.3 is 19.7 Å². The number of fused-ring (bicyclic) bond motifs is 1. The SMILES string of the molecule is COc1ccc(CCn2cc3cccc(NCc4ccncc4)c3c2O)cc1. The highest BCUT2D eigenvalue weighted by atomic mass is 16.5. The van der Waals surface area contributed by atoms with Crippen molar-refractivity contribution in [1.82, 2.24) is 9.55 Å². The van der Waals surface area contributed by atoms with Crippen LogP contribution in [0, 0.1) is 0 Å². The van der Waals surface area contributed by atoms with Crippen molar-refractivity contribution in [2.75, 3.05) is 12.4 Å². The lowest BCUT2D eigenvalue weighted by atomic mass is 10.1. The van der Waals surface area contributed by atoms with Gasteiger partial charge in [0.25, 0.3) is 0 Å². The zero-order chi connectivity index (χ0) is 19.3. The highest BCUT2D eigenvalue weighted by Crippen LogP contribution is 2.34. The van der Waals surface area contributed by atoms with Crippen molar-refractivity contribution in [2.45, 2.75) is 19.5 Å². The molecule has 0 aliphatic rings. The number of aromatic nitrogens is 2. The lowest BCUT2D eigenvalue weighted by Crippen LogP contribution is -2.00. The standard InChI is InChI=1S/C23H23N3O2/c1-28-20-7-5-17(6-8-20)11-14-26-16-19-3-2-4-21(22(19)23(26)27)25-15-18-9-12-24-13-10-18/h2-10,12-13,16,25,27H,11,14-15H2,1H3. The van der Waals surface area contributed by atoms with Gasteiger partial charge in [-0.2, -0.15) is 0 Å². The highest BCUT2D eigenvalue weighted by Gasteiger charge is 2.12. The quantitative estimate of drug-likeness (QED) is 0.497. The molecule has 0 saturated carbocycles. The molecule has 0 atom stereocenters. The second-order valence-corrected chi connectivity index (χ2v) is 6.72. The summed E-state index contributed by atoms with van der Waals surface area (Å²) in [6.07, 6.45) is 6.40. The Labute approximate surface area is 164 Å². The van der Waals surface area contributed by atoms with Crippen molar-refractivity contribution in [1.29, 1.82) is 0 Å². The van der Waals surface area contributed by atoms with Crippen LogP contribution in [-0.4, -0.2) is 21.8 Å². The number of nitrogens with one attached hydrogen (secondary N) is 1. The third kappa shape index (κ3) is 3.78. The van der Waals surface area contributed by atoms with Gasteiger partial charge in [-0.1, -0.05) is 24.3 Å². The summed E-state index contributed by atoms with van der Waals surface area (Å²) in [5.74, 6) is 1.14. The van der Waals surface area contributed by atoms with Crippen LogP contribution in [0.2, 0.25) is 0 Å². The van der Waals surface area contributed by atoms with Crippen LogP contribution in [-0.2, 0) is 19.5 Å². The predicted octanol–water partition coefficient (Wildman–Crippen LogP) is 4.61. The first-order valence-electron chi connectivity index (χ1n) is 9.31. The molecule has 2 N–H and O–H groups in total. The topological polar surface area (TPSA) is 59.3 Å². The van der Waals surface area contributed by atoms with Crippen molar-refractivity contribution >= 4 is 16.5 Å². The summed E-state index contributed by atoms with van der Waals surface area (Å²) in [4.78, 5) is 4.04. The number of pyridine rings is 1. The molecule has 0 unspecified atom stereocenters. The molecule has 0 fully saturated rings. The van der Waals surface area contributed by atoms with Gasteiger partial charge >= 0.3 is 0 Å². The van der Waals surface area contributed by atoms with Crippen molar-refractivity contribution in [3.63, 3.8) is 0 Å². The molecule has 0 saturated heterocycles. The van der Waals surface area contributed by atoms with E-state index in [1.807, 2.05) is 53.2 Å². The molecule has 0 radical (unpaired) electrons. The smallest absolute Gasteiger partial charge is 0.201 e. The van der Waals surface area contributed by atoms with E-state index >= 15 is 0 Å². The van der Waals surface area contributed by atoms with E-state index in [2.05, 4.69) is 22.4 Å². The van der Waals surface area contributed by atoms with Crippen molar-refractivity contribution < 1.29 is 9.84 Å². The van der Waals surface area contributed by atoms with E-state index in [0.717, 1.165) is 34.2 Å².